The van der Waals surface area contributed by atoms with E-state index in [4.69, 9.17) is 9.47 Å². The van der Waals surface area contributed by atoms with Gasteiger partial charge in [-0.25, -0.2) is 0 Å². The quantitative estimate of drug-likeness (QED) is 0.703. The third-order valence-electron chi connectivity index (χ3n) is 2.92. The molecule has 1 aliphatic rings. The summed E-state index contributed by atoms with van der Waals surface area (Å²) in [7, 11) is 1.69. The third-order valence-corrected chi connectivity index (χ3v) is 2.92. The largest absolute Gasteiger partial charge is 0.385 e. The lowest BCUT2D eigenvalue weighted by atomic mass is 10.2. The maximum Gasteiger partial charge on any atom is 0.0718 e. The predicted molar refractivity (Wildman–Crippen MR) is 69.2 cm³/mol. The zero-order chi connectivity index (χ0) is 11.9. The van der Waals surface area contributed by atoms with E-state index in [9.17, 15) is 0 Å². The van der Waals surface area contributed by atoms with E-state index in [2.05, 4.69) is 29.6 Å². The van der Waals surface area contributed by atoms with Gasteiger partial charge in [0, 0.05) is 19.3 Å². The molecule has 0 bridgehead atoms. The molecule has 0 unspecified atom stereocenters. The van der Waals surface area contributed by atoms with Gasteiger partial charge in [-0.2, -0.15) is 0 Å². The number of benzene rings is 1. The molecule has 0 aliphatic heterocycles. The predicted octanol–water partition coefficient (Wildman–Crippen LogP) is 2.67. The summed E-state index contributed by atoms with van der Waals surface area (Å²) < 4.78 is 10.4. The Labute approximate surface area is 103 Å². The smallest absolute Gasteiger partial charge is 0.0718 e. The van der Waals surface area contributed by atoms with Gasteiger partial charge in [0.2, 0.25) is 0 Å². The first-order chi connectivity index (χ1) is 8.38. The molecule has 0 heterocycles. The molecular formula is C14H21NO2. The average Bonchev–Trinajstić information content (AvgIpc) is 3.17. The van der Waals surface area contributed by atoms with Crippen molar-refractivity contribution >= 4 is 5.69 Å². The minimum absolute atomic E-state index is 0.649. The van der Waals surface area contributed by atoms with Crippen LogP contribution in [0.1, 0.15) is 18.4 Å². The van der Waals surface area contributed by atoms with Crippen LogP contribution in [0, 0.1) is 5.92 Å². The van der Waals surface area contributed by atoms with Crippen LogP contribution in [0.5, 0.6) is 0 Å². The first-order valence-corrected chi connectivity index (χ1v) is 6.28. The van der Waals surface area contributed by atoms with Crippen molar-refractivity contribution < 1.29 is 9.47 Å². The van der Waals surface area contributed by atoms with E-state index in [0.717, 1.165) is 12.5 Å². The Kier molecular flexibility index (Phi) is 4.83. The molecule has 0 aromatic heterocycles. The molecule has 2 rings (SSSR count). The fourth-order valence-corrected chi connectivity index (χ4v) is 1.69. The fourth-order valence-electron chi connectivity index (χ4n) is 1.69. The van der Waals surface area contributed by atoms with E-state index in [-0.39, 0.29) is 0 Å². The minimum Gasteiger partial charge on any atom is -0.385 e. The molecule has 94 valence electrons. The summed E-state index contributed by atoms with van der Waals surface area (Å²) in [5, 5.41) is 3.47. The van der Waals surface area contributed by atoms with Gasteiger partial charge in [0.25, 0.3) is 0 Å². The van der Waals surface area contributed by atoms with E-state index in [1.54, 1.807) is 7.11 Å². The van der Waals surface area contributed by atoms with Crippen LogP contribution in [-0.2, 0) is 16.1 Å². The normalized spacial score (nSPS) is 14.9. The van der Waals surface area contributed by atoms with Crippen molar-refractivity contribution in [2.24, 2.45) is 5.92 Å². The molecular weight excluding hydrogens is 214 g/mol. The number of anilines is 1. The van der Waals surface area contributed by atoms with Gasteiger partial charge < -0.3 is 14.8 Å². The molecule has 1 aliphatic carbocycles. The Morgan fingerprint density at radius 3 is 2.94 bits per heavy atom. The molecule has 17 heavy (non-hydrogen) atoms. The van der Waals surface area contributed by atoms with Gasteiger partial charge in [-0.1, -0.05) is 12.1 Å². The molecule has 0 radical (unpaired) electrons. The highest BCUT2D eigenvalue weighted by molar-refractivity contribution is 5.45. The number of hydrogen-bond donors (Lipinski definition) is 1. The molecule has 1 saturated carbocycles. The van der Waals surface area contributed by atoms with Crippen molar-refractivity contribution in [2.75, 3.05) is 32.2 Å². The summed E-state index contributed by atoms with van der Waals surface area (Å²) in [5.41, 5.74) is 2.41. The van der Waals surface area contributed by atoms with E-state index in [0.29, 0.717) is 19.8 Å². The highest BCUT2D eigenvalue weighted by atomic mass is 16.5. The monoisotopic (exact) mass is 235 g/mol. The van der Waals surface area contributed by atoms with Gasteiger partial charge in [0.15, 0.2) is 0 Å². The Hall–Kier alpha value is -1.06. The third kappa shape index (κ3) is 4.75. The standard InChI is InChI=1S/C14H21NO2/c1-16-7-8-17-11-13-3-2-4-14(9-13)15-10-12-5-6-12/h2-4,9,12,15H,5-8,10-11H2,1H3. The van der Waals surface area contributed by atoms with Crippen LogP contribution in [0.2, 0.25) is 0 Å². The Bertz CT molecular complexity index is 337. The lowest BCUT2D eigenvalue weighted by molar-refractivity contribution is 0.0617. The molecule has 3 nitrogen and oxygen atoms in total. The summed E-state index contributed by atoms with van der Waals surface area (Å²) in [4.78, 5) is 0. The van der Waals surface area contributed by atoms with E-state index >= 15 is 0 Å². The summed E-state index contributed by atoms with van der Waals surface area (Å²) >= 11 is 0. The van der Waals surface area contributed by atoms with Gasteiger partial charge in [0.05, 0.1) is 19.8 Å². The lowest BCUT2D eigenvalue weighted by Crippen LogP contribution is -2.04. The number of hydrogen-bond acceptors (Lipinski definition) is 3. The molecule has 0 saturated heterocycles. The van der Waals surface area contributed by atoms with Crippen molar-refractivity contribution in [1.29, 1.82) is 0 Å². The first kappa shape index (κ1) is 12.4. The van der Waals surface area contributed by atoms with E-state index in [1.807, 2.05) is 0 Å². The topological polar surface area (TPSA) is 30.5 Å². The average molecular weight is 235 g/mol. The minimum atomic E-state index is 0.649. The molecule has 0 amide bonds. The zero-order valence-corrected chi connectivity index (χ0v) is 10.4. The Morgan fingerprint density at radius 1 is 1.29 bits per heavy atom. The molecule has 1 aromatic rings. The van der Waals surface area contributed by atoms with Crippen molar-refractivity contribution in [3.63, 3.8) is 0 Å². The molecule has 1 fully saturated rings. The van der Waals surface area contributed by atoms with Crippen LogP contribution in [0.4, 0.5) is 5.69 Å². The summed E-state index contributed by atoms with van der Waals surface area (Å²) in [6.07, 6.45) is 2.76. The van der Waals surface area contributed by atoms with Gasteiger partial charge in [-0.15, -0.1) is 0 Å². The van der Waals surface area contributed by atoms with Crippen LogP contribution in [0.25, 0.3) is 0 Å². The van der Waals surface area contributed by atoms with Crippen molar-refractivity contribution in [3.05, 3.63) is 29.8 Å². The maximum atomic E-state index is 5.50. The summed E-state index contributed by atoms with van der Waals surface area (Å²) in [5.74, 6) is 0.900. The van der Waals surface area contributed by atoms with Gasteiger partial charge >= 0.3 is 0 Å². The molecule has 1 aromatic carbocycles. The van der Waals surface area contributed by atoms with Gasteiger partial charge in [0.1, 0.15) is 0 Å². The molecule has 1 N–H and O–H groups in total. The van der Waals surface area contributed by atoms with E-state index in [1.165, 1.54) is 24.1 Å². The molecule has 3 heteroatoms. The maximum absolute atomic E-state index is 5.50. The second kappa shape index (κ2) is 6.62. The summed E-state index contributed by atoms with van der Waals surface area (Å²) in [6, 6.07) is 8.44. The Balaban J connectivity index is 1.74. The number of rotatable bonds is 8. The Morgan fingerprint density at radius 2 is 2.18 bits per heavy atom. The summed E-state index contributed by atoms with van der Waals surface area (Å²) in [6.45, 7) is 3.06. The highest BCUT2D eigenvalue weighted by Gasteiger charge is 2.20. The number of nitrogens with one attached hydrogen (secondary N) is 1. The van der Waals surface area contributed by atoms with Crippen LogP contribution in [0.3, 0.4) is 0 Å². The fraction of sp³-hybridized carbons (Fsp3) is 0.571. The van der Waals surface area contributed by atoms with Crippen LogP contribution >= 0.6 is 0 Å². The van der Waals surface area contributed by atoms with Crippen LogP contribution < -0.4 is 5.32 Å². The van der Waals surface area contributed by atoms with Crippen molar-refractivity contribution in [2.45, 2.75) is 19.4 Å². The zero-order valence-electron chi connectivity index (χ0n) is 10.4. The second-order valence-corrected chi connectivity index (χ2v) is 4.57. The van der Waals surface area contributed by atoms with Crippen LogP contribution in [-0.4, -0.2) is 26.9 Å². The first-order valence-electron chi connectivity index (χ1n) is 6.28. The second-order valence-electron chi connectivity index (χ2n) is 4.57. The van der Waals surface area contributed by atoms with Crippen LogP contribution in [0.15, 0.2) is 24.3 Å². The van der Waals surface area contributed by atoms with Gasteiger partial charge in [-0.3, -0.25) is 0 Å². The highest BCUT2D eigenvalue weighted by Crippen LogP contribution is 2.28. The molecule has 0 atom stereocenters. The van der Waals surface area contributed by atoms with Gasteiger partial charge in [-0.05, 0) is 36.5 Å². The van der Waals surface area contributed by atoms with Crippen molar-refractivity contribution in [1.82, 2.24) is 0 Å². The number of ether oxygens (including phenoxy) is 2. The lowest BCUT2D eigenvalue weighted by Gasteiger charge is -2.08. The number of methoxy groups -OCH3 is 1. The molecule has 0 spiro atoms. The van der Waals surface area contributed by atoms with Crippen molar-refractivity contribution in [3.8, 4) is 0 Å². The SMILES string of the molecule is COCCOCc1cccc(NCC2CC2)c1. The van der Waals surface area contributed by atoms with E-state index < -0.39 is 0 Å².